The summed E-state index contributed by atoms with van der Waals surface area (Å²) in [5.74, 6) is -1.03. The Morgan fingerprint density at radius 1 is 0.842 bits per heavy atom. The Morgan fingerprint density at radius 3 is 1.53 bits per heavy atom. The van der Waals surface area contributed by atoms with Gasteiger partial charge in [-0.1, -0.05) is 0 Å². The minimum Gasteiger partial charge on any atom is -0.460 e. The van der Waals surface area contributed by atoms with Crippen LogP contribution in [0, 0.1) is 0 Å². The van der Waals surface area contributed by atoms with Gasteiger partial charge in [-0.2, -0.15) is 0 Å². The second-order valence-electron chi connectivity index (χ2n) is 3.72. The Bertz CT molecular complexity index is 321. The molecule has 0 amide bonds. The fourth-order valence-corrected chi connectivity index (χ4v) is 0.960. The molecule has 4 N–H and O–H groups in total. The second-order valence-corrected chi connectivity index (χ2v) is 3.72. The van der Waals surface area contributed by atoms with Gasteiger partial charge in [0.2, 0.25) is 0 Å². The van der Waals surface area contributed by atoms with Crippen molar-refractivity contribution in [3.8, 4) is 0 Å². The molecule has 0 aliphatic heterocycles. The van der Waals surface area contributed by atoms with Crippen molar-refractivity contribution in [2.24, 2.45) is 11.5 Å². The molecule has 7 nitrogen and oxygen atoms in total. The molecule has 19 heavy (non-hydrogen) atoms. The third-order valence-corrected chi connectivity index (χ3v) is 1.64. The number of hydrogen-bond acceptors (Lipinski definition) is 7. The Morgan fingerprint density at radius 2 is 1.21 bits per heavy atom. The van der Waals surface area contributed by atoms with Crippen molar-refractivity contribution in [1.29, 1.82) is 0 Å². The molecular weight excluding hydrogens is 252 g/mol. The Hall–Kier alpha value is -2.02. The SMILES string of the molecule is C/C(N)=C/C(=O)OCCOCCOC(=O)/C=C(/C)N. The number of allylic oxidation sites excluding steroid dienone is 2. The predicted molar refractivity (Wildman–Crippen MR) is 68.6 cm³/mol. The molecule has 0 unspecified atom stereocenters. The zero-order valence-corrected chi connectivity index (χ0v) is 11.2. The summed E-state index contributed by atoms with van der Waals surface area (Å²) in [4.78, 5) is 22.0. The lowest BCUT2D eigenvalue weighted by Gasteiger charge is -2.05. The van der Waals surface area contributed by atoms with Crippen LogP contribution in [0.4, 0.5) is 0 Å². The lowest BCUT2D eigenvalue weighted by Crippen LogP contribution is -2.14. The van der Waals surface area contributed by atoms with E-state index in [9.17, 15) is 9.59 Å². The summed E-state index contributed by atoms with van der Waals surface area (Å²) in [6, 6.07) is 0. The molecule has 0 spiro atoms. The van der Waals surface area contributed by atoms with Gasteiger partial charge in [0.15, 0.2) is 0 Å². The fourth-order valence-electron chi connectivity index (χ4n) is 0.960. The highest BCUT2D eigenvalue weighted by Crippen LogP contribution is 1.88. The maximum atomic E-state index is 11.0. The molecular formula is C12H20N2O5. The highest BCUT2D eigenvalue weighted by molar-refractivity contribution is 5.82. The number of nitrogens with two attached hydrogens (primary N) is 2. The number of carbonyl (C=O) groups excluding carboxylic acids is 2. The molecule has 0 heterocycles. The molecule has 0 aromatic rings. The van der Waals surface area contributed by atoms with E-state index < -0.39 is 11.9 Å². The molecule has 0 aromatic heterocycles. The van der Waals surface area contributed by atoms with Crippen molar-refractivity contribution in [2.75, 3.05) is 26.4 Å². The largest absolute Gasteiger partial charge is 0.460 e. The average molecular weight is 272 g/mol. The topological polar surface area (TPSA) is 114 Å². The van der Waals surface area contributed by atoms with Crippen molar-refractivity contribution in [1.82, 2.24) is 0 Å². The summed E-state index contributed by atoms with van der Waals surface area (Å²) in [5, 5.41) is 0. The molecule has 0 atom stereocenters. The summed E-state index contributed by atoms with van der Waals surface area (Å²) in [6.45, 7) is 3.82. The van der Waals surface area contributed by atoms with Crippen LogP contribution in [0.1, 0.15) is 13.8 Å². The normalized spacial score (nSPS) is 12.1. The van der Waals surface area contributed by atoms with Crippen molar-refractivity contribution in [2.45, 2.75) is 13.8 Å². The first-order valence-electron chi connectivity index (χ1n) is 5.70. The maximum Gasteiger partial charge on any atom is 0.332 e. The van der Waals surface area contributed by atoms with Gasteiger partial charge in [-0.15, -0.1) is 0 Å². The van der Waals surface area contributed by atoms with Crippen molar-refractivity contribution in [3.63, 3.8) is 0 Å². The molecule has 0 aliphatic carbocycles. The Balaban J connectivity index is 3.47. The van der Waals surface area contributed by atoms with Gasteiger partial charge in [-0.05, 0) is 13.8 Å². The standard InChI is InChI=1S/C12H20N2O5/c1-9(13)7-11(15)18-5-3-17-4-6-19-12(16)8-10(2)14/h7-8H,3-6,13-14H2,1-2H3/b9-7-,10-8-. The molecule has 0 aromatic carbocycles. The first-order chi connectivity index (χ1) is 8.91. The summed E-state index contributed by atoms with van der Waals surface area (Å²) in [5.41, 5.74) is 11.3. The lowest BCUT2D eigenvalue weighted by atomic mass is 10.4. The zero-order valence-electron chi connectivity index (χ0n) is 11.2. The van der Waals surface area contributed by atoms with E-state index in [1.807, 2.05) is 0 Å². The van der Waals surface area contributed by atoms with E-state index in [1.165, 1.54) is 12.2 Å². The minimum absolute atomic E-state index is 0.109. The highest BCUT2D eigenvalue weighted by atomic mass is 16.6. The van der Waals surface area contributed by atoms with E-state index in [1.54, 1.807) is 13.8 Å². The minimum atomic E-state index is -0.515. The summed E-state index contributed by atoms with van der Waals surface area (Å²) in [6.07, 6.45) is 2.37. The van der Waals surface area contributed by atoms with Crippen LogP contribution >= 0.6 is 0 Å². The Kier molecular flexibility index (Phi) is 8.90. The van der Waals surface area contributed by atoms with Crippen LogP contribution in [0.25, 0.3) is 0 Å². The molecule has 0 saturated heterocycles. The number of ether oxygens (including phenoxy) is 3. The molecule has 0 fully saturated rings. The smallest absolute Gasteiger partial charge is 0.332 e. The van der Waals surface area contributed by atoms with Crippen LogP contribution < -0.4 is 11.5 Å². The first-order valence-corrected chi connectivity index (χ1v) is 5.70. The number of carbonyl (C=O) groups is 2. The Labute approximate surface area is 112 Å². The first kappa shape index (κ1) is 17.0. The van der Waals surface area contributed by atoms with E-state index in [2.05, 4.69) is 0 Å². The average Bonchev–Trinajstić information content (AvgIpc) is 2.25. The maximum absolute atomic E-state index is 11.0. The quantitative estimate of drug-likeness (QED) is 0.357. The fraction of sp³-hybridized carbons (Fsp3) is 0.500. The van der Waals surface area contributed by atoms with Gasteiger partial charge in [0, 0.05) is 23.5 Å². The molecule has 108 valence electrons. The van der Waals surface area contributed by atoms with Gasteiger partial charge in [0.25, 0.3) is 0 Å². The lowest BCUT2D eigenvalue weighted by molar-refractivity contribution is -0.140. The molecule has 0 aliphatic rings. The van der Waals surface area contributed by atoms with Crippen LogP contribution in [0.15, 0.2) is 23.5 Å². The van der Waals surface area contributed by atoms with Crippen molar-refractivity contribution >= 4 is 11.9 Å². The molecule has 7 heteroatoms. The van der Waals surface area contributed by atoms with E-state index in [0.717, 1.165) is 0 Å². The van der Waals surface area contributed by atoms with E-state index >= 15 is 0 Å². The number of hydrogen-bond donors (Lipinski definition) is 2. The zero-order chi connectivity index (χ0) is 14.7. The van der Waals surface area contributed by atoms with E-state index in [-0.39, 0.29) is 26.4 Å². The molecule has 0 rings (SSSR count). The van der Waals surface area contributed by atoms with Gasteiger partial charge >= 0.3 is 11.9 Å². The van der Waals surface area contributed by atoms with Gasteiger partial charge in [-0.25, -0.2) is 9.59 Å². The summed E-state index contributed by atoms with van der Waals surface area (Å²) < 4.78 is 14.6. The van der Waals surface area contributed by atoms with Crippen LogP contribution in [0.2, 0.25) is 0 Å². The monoisotopic (exact) mass is 272 g/mol. The van der Waals surface area contributed by atoms with E-state index in [4.69, 9.17) is 25.7 Å². The van der Waals surface area contributed by atoms with Gasteiger partial charge in [0.1, 0.15) is 13.2 Å². The van der Waals surface area contributed by atoms with Gasteiger partial charge < -0.3 is 25.7 Å². The molecule has 0 radical (unpaired) electrons. The van der Waals surface area contributed by atoms with Crippen LogP contribution in [-0.4, -0.2) is 38.4 Å². The summed E-state index contributed by atoms with van der Waals surface area (Å²) in [7, 11) is 0. The van der Waals surface area contributed by atoms with Crippen LogP contribution in [0.3, 0.4) is 0 Å². The molecule has 0 bridgehead atoms. The summed E-state index contributed by atoms with van der Waals surface area (Å²) >= 11 is 0. The number of rotatable bonds is 8. The van der Waals surface area contributed by atoms with Crippen LogP contribution in [0.5, 0.6) is 0 Å². The third kappa shape index (κ3) is 12.2. The molecule has 0 saturated carbocycles. The number of esters is 2. The second kappa shape index (κ2) is 9.95. The van der Waals surface area contributed by atoms with E-state index in [0.29, 0.717) is 11.4 Å². The van der Waals surface area contributed by atoms with Crippen molar-refractivity contribution in [3.05, 3.63) is 23.5 Å². The van der Waals surface area contributed by atoms with Gasteiger partial charge in [0.05, 0.1) is 13.2 Å². The van der Waals surface area contributed by atoms with Gasteiger partial charge in [-0.3, -0.25) is 0 Å². The third-order valence-electron chi connectivity index (χ3n) is 1.64. The predicted octanol–water partition coefficient (Wildman–Crippen LogP) is -0.186. The van der Waals surface area contributed by atoms with Crippen LogP contribution in [-0.2, 0) is 23.8 Å². The van der Waals surface area contributed by atoms with Crippen molar-refractivity contribution < 1.29 is 23.8 Å². The highest BCUT2D eigenvalue weighted by Gasteiger charge is 1.99.